The third kappa shape index (κ3) is 41.2. The molecule has 1 aromatic rings. The summed E-state index contributed by atoms with van der Waals surface area (Å²) in [5.74, 6) is -0.183. The zero-order valence-corrected chi connectivity index (χ0v) is 35.9. The van der Waals surface area contributed by atoms with Crippen LogP contribution in [0.2, 0.25) is 0 Å². The van der Waals surface area contributed by atoms with Crippen molar-refractivity contribution in [3.05, 3.63) is 35.9 Å². The first-order valence-corrected chi connectivity index (χ1v) is 23.5. The summed E-state index contributed by atoms with van der Waals surface area (Å²) in [5, 5.41) is 0. The lowest BCUT2D eigenvalue weighted by Crippen LogP contribution is -2.06. The number of esters is 2. The minimum atomic E-state index is -0.202. The van der Waals surface area contributed by atoms with E-state index in [1.807, 2.05) is 18.2 Å². The fourth-order valence-electron chi connectivity index (χ4n) is 6.90. The maximum Gasteiger partial charge on any atom is 0.338 e. The molecular weight excluding hydrogens is 653 g/mol. The number of benzene rings is 1. The van der Waals surface area contributed by atoms with E-state index in [0.29, 0.717) is 25.2 Å². The molecule has 0 aromatic heterocycles. The van der Waals surface area contributed by atoms with Gasteiger partial charge in [-0.2, -0.15) is 0 Å². The average molecular weight is 743 g/mol. The zero-order valence-electron chi connectivity index (χ0n) is 35.9. The molecule has 1 aromatic carbocycles. The first-order chi connectivity index (χ1) is 26.2. The molecule has 0 radical (unpaired) electrons. The van der Waals surface area contributed by atoms with Crippen LogP contribution in [0.25, 0.3) is 0 Å². The van der Waals surface area contributed by atoms with Gasteiger partial charge in [0, 0.05) is 6.42 Å². The SMILES string of the molecule is CCCCCCCCCCCCCCCCCCCCCC(=O)OCCCCCCCC.CCCCCCCCCCCCOC(=O)c1ccccc1. The highest BCUT2D eigenvalue weighted by atomic mass is 16.5. The zero-order chi connectivity index (χ0) is 38.6. The first-order valence-electron chi connectivity index (χ1n) is 23.5. The molecule has 310 valence electrons. The molecule has 0 spiro atoms. The van der Waals surface area contributed by atoms with E-state index in [9.17, 15) is 9.59 Å². The Morgan fingerprint density at radius 1 is 0.358 bits per heavy atom. The number of carbonyl (C=O) groups excluding carboxylic acids is 2. The summed E-state index contributed by atoms with van der Waals surface area (Å²) in [7, 11) is 0. The second-order valence-corrected chi connectivity index (χ2v) is 15.8. The van der Waals surface area contributed by atoms with Crippen LogP contribution in [0.3, 0.4) is 0 Å². The van der Waals surface area contributed by atoms with Gasteiger partial charge in [0.05, 0.1) is 18.8 Å². The molecule has 0 unspecified atom stereocenters. The number of carbonyl (C=O) groups is 2. The second kappa shape index (κ2) is 44.6. The third-order valence-electron chi connectivity index (χ3n) is 10.5. The summed E-state index contributed by atoms with van der Waals surface area (Å²) >= 11 is 0. The van der Waals surface area contributed by atoms with Crippen LogP contribution in [-0.2, 0) is 14.3 Å². The minimum Gasteiger partial charge on any atom is -0.466 e. The van der Waals surface area contributed by atoms with Crippen molar-refractivity contribution in [3.63, 3.8) is 0 Å². The van der Waals surface area contributed by atoms with E-state index in [-0.39, 0.29) is 11.9 Å². The van der Waals surface area contributed by atoms with Crippen LogP contribution in [0.1, 0.15) is 262 Å². The van der Waals surface area contributed by atoms with Crippen molar-refractivity contribution in [1.29, 1.82) is 0 Å². The molecule has 0 atom stereocenters. The molecule has 0 bridgehead atoms. The van der Waals surface area contributed by atoms with E-state index in [2.05, 4.69) is 20.8 Å². The standard InChI is InChI=1S/C30H60O2.C19H30O2/c1-3-5-7-9-11-12-13-14-15-16-17-18-19-20-21-22-23-24-26-28-30(31)32-29-27-25-10-8-6-4-2;1-2-3-4-5-6-7-8-9-10-14-17-21-19(20)18-15-12-11-13-16-18/h3-29H2,1-2H3;11-13,15-16H,2-10,14,17H2,1H3. The molecule has 0 saturated heterocycles. The van der Waals surface area contributed by atoms with Crippen molar-refractivity contribution in [1.82, 2.24) is 0 Å². The summed E-state index contributed by atoms with van der Waals surface area (Å²) in [6, 6.07) is 9.20. The summed E-state index contributed by atoms with van der Waals surface area (Å²) in [4.78, 5) is 23.4. The van der Waals surface area contributed by atoms with Gasteiger partial charge in [-0.1, -0.05) is 244 Å². The van der Waals surface area contributed by atoms with Gasteiger partial charge in [0.15, 0.2) is 0 Å². The van der Waals surface area contributed by atoms with Crippen molar-refractivity contribution >= 4 is 11.9 Å². The van der Waals surface area contributed by atoms with Crippen molar-refractivity contribution < 1.29 is 19.1 Å². The Hall–Kier alpha value is -1.84. The van der Waals surface area contributed by atoms with Crippen LogP contribution in [0, 0.1) is 0 Å². The molecule has 53 heavy (non-hydrogen) atoms. The Labute approximate surface area is 331 Å². The highest BCUT2D eigenvalue weighted by Gasteiger charge is 2.05. The van der Waals surface area contributed by atoms with Gasteiger partial charge in [-0.25, -0.2) is 4.79 Å². The van der Waals surface area contributed by atoms with Gasteiger partial charge in [0.1, 0.15) is 0 Å². The number of hydrogen-bond acceptors (Lipinski definition) is 4. The molecule has 4 heteroatoms. The Balaban J connectivity index is 0.00000111. The Morgan fingerprint density at radius 2 is 0.642 bits per heavy atom. The van der Waals surface area contributed by atoms with Gasteiger partial charge in [0.25, 0.3) is 0 Å². The molecule has 0 fully saturated rings. The van der Waals surface area contributed by atoms with Crippen molar-refractivity contribution in [2.75, 3.05) is 13.2 Å². The Bertz CT molecular complexity index is 853. The molecule has 0 saturated carbocycles. The second-order valence-electron chi connectivity index (χ2n) is 15.8. The third-order valence-corrected chi connectivity index (χ3v) is 10.5. The molecule has 1 rings (SSSR count). The van der Waals surface area contributed by atoms with E-state index in [1.54, 1.807) is 12.1 Å². The van der Waals surface area contributed by atoms with Gasteiger partial charge < -0.3 is 9.47 Å². The van der Waals surface area contributed by atoms with Crippen molar-refractivity contribution in [3.8, 4) is 0 Å². The van der Waals surface area contributed by atoms with Gasteiger partial charge in [-0.3, -0.25) is 4.79 Å². The van der Waals surface area contributed by atoms with Gasteiger partial charge >= 0.3 is 11.9 Å². The lowest BCUT2D eigenvalue weighted by atomic mass is 10.0. The fraction of sp³-hybridized carbons (Fsp3) is 0.837. The maximum atomic E-state index is 11.7. The van der Waals surface area contributed by atoms with E-state index in [1.165, 1.54) is 199 Å². The van der Waals surface area contributed by atoms with E-state index in [4.69, 9.17) is 9.47 Å². The monoisotopic (exact) mass is 743 g/mol. The van der Waals surface area contributed by atoms with E-state index in [0.717, 1.165) is 25.7 Å². The van der Waals surface area contributed by atoms with Gasteiger partial charge in [0.2, 0.25) is 0 Å². The van der Waals surface area contributed by atoms with Crippen LogP contribution in [0.15, 0.2) is 30.3 Å². The van der Waals surface area contributed by atoms with Crippen LogP contribution < -0.4 is 0 Å². The summed E-state index contributed by atoms with van der Waals surface area (Å²) in [6.07, 6.45) is 47.3. The van der Waals surface area contributed by atoms with Gasteiger partial charge in [-0.05, 0) is 31.4 Å². The Morgan fingerprint density at radius 3 is 0.981 bits per heavy atom. The molecule has 0 N–H and O–H groups in total. The average Bonchev–Trinajstić information content (AvgIpc) is 3.18. The molecular formula is C49H90O4. The lowest BCUT2D eigenvalue weighted by Gasteiger charge is -2.05. The quantitative estimate of drug-likeness (QED) is 0.0498. The molecule has 0 heterocycles. The summed E-state index contributed by atoms with van der Waals surface area (Å²) in [5.41, 5.74) is 0.643. The lowest BCUT2D eigenvalue weighted by molar-refractivity contribution is -0.143. The fourth-order valence-corrected chi connectivity index (χ4v) is 6.90. The summed E-state index contributed by atoms with van der Waals surface area (Å²) in [6.45, 7) is 7.96. The van der Waals surface area contributed by atoms with Crippen LogP contribution in [0.5, 0.6) is 0 Å². The van der Waals surface area contributed by atoms with Crippen molar-refractivity contribution in [2.45, 2.75) is 252 Å². The van der Waals surface area contributed by atoms with Crippen LogP contribution in [0.4, 0.5) is 0 Å². The number of unbranched alkanes of at least 4 members (excludes halogenated alkanes) is 32. The molecule has 0 aliphatic carbocycles. The van der Waals surface area contributed by atoms with E-state index < -0.39 is 0 Å². The number of hydrogen-bond donors (Lipinski definition) is 0. The summed E-state index contributed by atoms with van der Waals surface area (Å²) < 4.78 is 10.6. The van der Waals surface area contributed by atoms with E-state index >= 15 is 0 Å². The number of rotatable bonds is 39. The normalized spacial score (nSPS) is 10.9. The maximum absolute atomic E-state index is 11.7. The Kier molecular flexibility index (Phi) is 43.0. The predicted molar refractivity (Wildman–Crippen MR) is 231 cm³/mol. The highest BCUT2D eigenvalue weighted by Crippen LogP contribution is 2.15. The highest BCUT2D eigenvalue weighted by molar-refractivity contribution is 5.89. The first kappa shape index (κ1) is 51.2. The van der Waals surface area contributed by atoms with Crippen LogP contribution in [-0.4, -0.2) is 25.2 Å². The van der Waals surface area contributed by atoms with Gasteiger partial charge in [-0.15, -0.1) is 0 Å². The van der Waals surface area contributed by atoms with Crippen LogP contribution >= 0.6 is 0 Å². The molecule has 0 aliphatic heterocycles. The molecule has 0 amide bonds. The topological polar surface area (TPSA) is 52.6 Å². The molecule has 0 aliphatic rings. The minimum absolute atomic E-state index is 0.0190. The molecule has 4 nitrogen and oxygen atoms in total. The number of ether oxygens (including phenoxy) is 2. The van der Waals surface area contributed by atoms with Crippen molar-refractivity contribution in [2.24, 2.45) is 0 Å². The smallest absolute Gasteiger partial charge is 0.338 e. The largest absolute Gasteiger partial charge is 0.466 e. The predicted octanol–water partition coefficient (Wildman–Crippen LogP) is 16.5.